The van der Waals surface area contributed by atoms with Gasteiger partial charge in [-0.1, -0.05) is 13.3 Å². The smallest absolute Gasteiger partial charge is 0.123 e. The van der Waals surface area contributed by atoms with Crippen LogP contribution >= 0.6 is 0 Å². The van der Waals surface area contributed by atoms with E-state index in [4.69, 9.17) is 10.5 Å². The molecule has 4 heteroatoms. The number of aromatic nitrogens is 1. The van der Waals surface area contributed by atoms with E-state index in [1.54, 1.807) is 0 Å². The molecule has 3 N–H and O–H groups in total. The lowest BCUT2D eigenvalue weighted by Crippen LogP contribution is -2.25. The molecule has 0 aromatic carbocycles. The number of nitrogens with two attached hydrogens (primary N) is 1. The summed E-state index contributed by atoms with van der Waals surface area (Å²) in [4.78, 5) is 4.42. The van der Waals surface area contributed by atoms with Crippen LogP contribution in [-0.4, -0.2) is 30.8 Å². The van der Waals surface area contributed by atoms with Gasteiger partial charge in [-0.2, -0.15) is 0 Å². The van der Waals surface area contributed by atoms with Crippen molar-refractivity contribution in [1.29, 1.82) is 0 Å². The Balaban J connectivity index is 1.93. The number of nitrogen functional groups attached to an aromatic ring is 1. The number of hydrogen-bond donors (Lipinski definition) is 2. The van der Waals surface area contributed by atoms with Crippen LogP contribution in [0.25, 0.3) is 0 Å². The minimum absolute atomic E-state index is 0.315. The average Bonchev–Trinajstić information content (AvgIpc) is 2.76. The summed E-state index contributed by atoms with van der Waals surface area (Å²) >= 11 is 0. The van der Waals surface area contributed by atoms with E-state index in [1.165, 1.54) is 12.0 Å². The summed E-state index contributed by atoms with van der Waals surface area (Å²) in [5, 5.41) is 3.41. The van der Waals surface area contributed by atoms with Crippen molar-refractivity contribution in [2.45, 2.75) is 39.2 Å². The Morgan fingerprint density at radius 3 is 3.00 bits per heavy atom. The predicted octanol–water partition coefficient (Wildman–Crippen LogP) is 1.92. The highest BCUT2D eigenvalue weighted by atomic mass is 16.5. The molecular formula is C15H25N3O. The van der Waals surface area contributed by atoms with E-state index >= 15 is 0 Å². The average molecular weight is 263 g/mol. The fourth-order valence-electron chi connectivity index (χ4n) is 2.63. The number of rotatable bonds is 6. The van der Waals surface area contributed by atoms with Crippen molar-refractivity contribution in [3.63, 3.8) is 0 Å². The van der Waals surface area contributed by atoms with Crippen LogP contribution in [0.5, 0.6) is 0 Å². The Hall–Kier alpha value is -1.13. The van der Waals surface area contributed by atoms with Gasteiger partial charge in [0.25, 0.3) is 0 Å². The molecule has 2 rings (SSSR count). The molecule has 0 aliphatic carbocycles. The minimum atomic E-state index is 0.315. The molecule has 0 unspecified atom stereocenters. The molecule has 1 aromatic heterocycles. The van der Waals surface area contributed by atoms with Gasteiger partial charge in [0.05, 0.1) is 6.10 Å². The van der Waals surface area contributed by atoms with E-state index in [-0.39, 0.29) is 0 Å². The van der Waals surface area contributed by atoms with Crippen LogP contribution in [0.2, 0.25) is 0 Å². The largest absolute Gasteiger partial charge is 0.384 e. The number of anilines is 1. The molecule has 1 aromatic rings. The van der Waals surface area contributed by atoms with Gasteiger partial charge in [-0.3, -0.25) is 0 Å². The highest BCUT2D eigenvalue weighted by Gasteiger charge is 2.28. The van der Waals surface area contributed by atoms with Crippen molar-refractivity contribution in [2.24, 2.45) is 5.92 Å². The first-order valence-electron chi connectivity index (χ1n) is 7.24. The van der Waals surface area contributed by atoms with Crippen molar-refractivity contribution in [3.05, 3.63) is 23.4 Å². The second-order valence-electron chi connectivity index (χ2n) is 5.45. The summed E-state index contributed by atoms with van der Waals surface area (Å²) in [6.07, 6.45) is 3.57. The minimum Gasteiger partial charge on any atom is -0.384 e. The third-order valence-electron chi connectivity index (χ3n) is 3.62. The highest BCUT2D eigenvalue weighted by molar-refractivity contribution is 5.34. The van der Waals surface area contributed by atoms with Crippen LogP contribution in [0.1, 0.15) is 31.0 Å². The zero-order valence-electron chi connectivity index (χ0n) is 12.0. The van der Waals surface area contributed by atoms with Gasteiger partial charge in [0.2, 0.25) is 0 Å². The molecule has 106 valence electrons. The summed E-state index contributed by atoms with van der Waals surface area (Å²) < 4.78 is 5.97. The van der Waals surface area contributed by atoms with Crippen LogP contribution < -0.4 is 11.1 Å². The Morgan fingerprint density at radius 2 is 2.26 bits per heavy atom. The van der Waals surface area contributed by atoms with Crippen LogP contribution in [0.15, 0.2) is 12.1 Å². The van der Waals surface area contributed by atoms with Gasteiger partial charge in [0.1, 0.15) is 5.82 Å². The van der Waals surface area contributed by atoms with Gasteiger partial charge in [0.15, 0.2) is 0 Å². The summed E-state index contributed by atoms with van der Waals surface area (Å²) in [7, 11) is 0. The summed E-state index contributed by atoms with van der Waals surface area (Å²) in [5.41, 5.74) is 8.07. The maximum absolute atomic E-state index is 5.97. The molecule has 0 spiro atoms. The van der Waals surface area contributed by atoms with Crippen molar-refractivity contribution < 1.29 is 4.74 Å². The van der Waals surface area contributed by atoms with E-state index in [1.807, 2.05) is 6.07 Å². The zero-order valence-corrected chi connectivity index (χ0v) is 12.0. The molecule has 1 aliphatic heterocycles. The van der Waals surface area contributed by atoms with Crippen molar-refractivity contribution in [1.82, 2.24) is 10.3 Å². The third-order valence-corrected chi connectivity index (χ3v) is 3.62. The monoisotopic (exact) mass is 263 g/mol. The number of ether oxygens (including phenoxy) is 1. The molecule has 0 amide bonds. The Kier molecular flexibility index (Phi) is 5.16. The maximum Gasteiger partial charge on any atom is 0.123 e. The number of hydrogen-bond acceptors (Lipinski definition) is 4. The first-order chi connectivity index (χ1) is 9.19. The van der Waals surface area contributed by atoms with Crippen LogP contribution in [0.4, 0.5) is 5.82 Å². The predicted molar refractivity (Wildman–Crippen MR) is 78.1 cm³/mol. The van der Waals surface area contributed by atoms with Gasteiger partial charge in [0, 0.05) is 31.3 Å². The molecule has 1 fully saturated rings. The third kappa shape index (κ3) is 4.18. The van der Waals surface area contributed by atoms with Gasteiger partial charge < -0.3 is 15.8 Å². The number of unbranched alkanes of at least 4 members (excludes halogenated alkanes) is 1. The van der Waals surface area contributed by atoms with Crippen LogP contribution in [-0.2, 0) is 11.2 Å². The fraction of sp³-hybridized carbons (Fsp3) is 0.667. The van der Waals surface area contributed by atoms with Gasteiger partial charge in [-0.15, -0.1) is 0 Å². The van der Waals surface area contributed by atoms with Gasteiger partial charge in [-0.25, -0.2) is 4.98 Å². The van der Waals surface area contributed by atoms with Gasteiger partial charge in [-0.05, 0) is 37.5 Å². The number of nitrogens with zero attached hydrogens (tertiary/aromatic N) is 1. The molecule has 0 saturated carbocycles. The number of aryl methyl sites for hydroxylation is 1. The second kappa shape index (κ2) is 6.87. The molecule has 0 radical (unpaired) electrons. The van der Waals surface area contributed by atoms with E-state index in [0.29, 0.717) is 17.8 Å². The van der Waals surface area contributed by atoms with Gasteiger partial charge >= 0.3 is 0 Å². The molecule has 1 aliphatic rings. The van der Waals surface area contributed by atoms with Crippen molar-refractivity contribution in [2.75, 3.05) is 25.4 Å². The summed E-state index contributed by atoms with van der Waals surface area (Å²) in [5.74, 6) is 1.12. The Bertz CT molecular complexity index is 388. The lowest BCUT2D eigenvalue weighted by Gasteiger charge is -2.19. The van der Waals surface area contributed by atoms with E-state index in [9.17, 15) is 0 Å². The molecule has 2 heterocycles. The summed E-state index contributed by atoms with van der Waals surface area (Å²) in [6.45, 7) is 7.07. The molecule has 4 nitrogen and oxygen atoms in total. The first kappa shape index (κ1) is 14.3. The van der Waals surface area contributed by atoms with Crippen molar-refractivity contribution >= 4 is 5.82 Å². The SMILES string of the molecule is CCCCO[C@@H]1CNC[C@@H]1Cc1cc(C)cc(N)n1. The molecule has 0 bridgehead atoms. The number of pyridine rings is 1. The first-order valence-corrected chi connectivity index (χ1v) is 7.24. The van der Waals surface area contributed by atoms with E-state index in [2.05, 4.69) is 30.2 Å². The fourth-order valence-corrected chi connectivity index (χ4v) is 2.63. The summed E-state index contributed by atoms with van der Waals surface area (Å²) in [6, 6.07) is 4.03. The lowest BCUT2D eigenvalue weighted by molar-refractivity contribution is 0.0360. The van der Waals surface area contributed by atoms with E-state index in [0.717, 1.165) is 38.2 Å². The quantitative estimate of drug-likeness (QED) is 0.770. The topological polar surface area (TPSA) is 60.2 Å². The standard InChI is InChI=1S/C15H25N3O/c1-3-4-5-19-14-10-17-9-12(14)8-13-6-11(2)7-15(16)18-13/h6-7,12,14,17H,3-5,8-10H2,1-2H3,(H2,16,18)/t12-,14+/m0/s1. The Labute approximate surface area is 115 Å². The maximum atomic E-state index is 5.97. The molecule has 2 atom stereocenters. The molecule has 19 heavy (non-hydrogen) atoms. The zero-order chi connectivity index (χ0) is 13.7. The molecule has 1 saturated heterocycles. The second-order valence-corrected chi connectivity index (χ2v) is 5.45. The molecular weight excluding hydrogens is 238 g/mol. The van der Waals surface area contributed by atoms with E-state index < -0.39 is 0 Å². The highest BCUT2D eigenvalue weighted by Crippen LogP contribution is 2.19. The van der Waals surface area contributed by atoms with Crippen LogP contribution in [0, 0.1) is 12.8 Å². The van der Waals surface area contributed by atoms with Crippen LogP contribution in [0.3, 0.4) is 0 Å². The Morgan fingerprint density at radius 1 is 1.42 bits per heavy atom. The number of nitrogens with one attached hydrogen (secondary N) is 1. The lowest BCUT2D eigenvalue weighted by atomic mass is 9.99. The van der Waals surface area contributed by atoms with Crippen molar-refractivity contribution in [3.8, 4) is 0 Å². The normalized spacial score (nSPS) is 22.8.